The van der Waals surface area contributed by atoms with Gasteiger partial charge in [0, 0.05) is 24.0 Å². The van der Waals surface area contributed by atoms with E-state index in [1.165, 1.54) is 18.7 Å². The van der Waals surface area contributed by atoms with Crippen LogP contribution in [0.3, 0.4) is 0 Å². The molecule has 1 saturated heterocycles. The lowest BCUT2D eigenvalue weighted by atomic mass is 9.79. The molecule has 0 spiro atoms. The molecule has 4 rings (SSSR count). The highest BCUT2D eigenvalue weighted by Gasteiger charge is 2.56. The van der Waals surface area contributed by atoms with Crippen molar-refractivity contribution in [3.05, 3.63) is 93.8 Å². The van der Waals surface area contributed by atoms with Gasteiger partial charge in [-0.25, -0.2) is 13.2 Å². The third kappa shape index (κ3) is 7.19. The van der Waals surface area contributed by atoms with Gasteiger partial charge in [0.05, 0.1) is 24.1 Å². The molecule has 0 amide bonds. The number of aliphatic carboxylic acids is 1. The number of para-hydroxylation sites is 1. The van der Waals surface area contributed by atoms with Gasteiger partial charge in [-0.3, -0.25) is 0 Å². The summed E-state index contributed by atoms with van der Waals surface area (Å²) in [7, 11) is -2.52. The number of hydrogen-bond donors (Lipinski definition) is 1. The van der Waals surface area contributed by atoms with Crippen LogP contribution in [0.2, 0.25) is 0 Å². The van der Waals surface area contributed by atoms with Crippen molar-refractivity contribution in [2.45, 2.75) is 83.8 Å². The van der Waals surface area contributed by atoms with Gasteiger partial charge >= 0.3 is 5.97 Å². The van der Waals surface area contributed by atoms with Gasteiger partial charge < -0.3 is 19.5 Å². The Kier molecular flexibility index (Phi) is 11.3. The Bertz CT molecular complexity index is 1490. The van der Waals surface area contributed by atoms with E-state index in [1.807, 2.05) is 67.1 Å². The summed E-state index contributed by atoms with van der Waals surface area (Å²) in [5, 5.41) is 9.40. The number of methoxy groups -OCH3 is 1. The summed E-state index contributed by atoms with van der Waals surface area (Å²) >= 11 is 1.37. The zero-order valence-corrected chi connectivity index (χ0v) is 27.9. The molecule has 2 heterocycles. The van der Waals surface area contributed by atoms with Crippen molar-refractivity contribution in [1.29, 1.82) is 0 Å². The number of carboxylic acid groups (broad SMARTS) is 1. The van der Waals surface area contributed by atoms with E-state index < -0.39 is 27.6 Å². The fourth-order valence-electron chi connectivity index (χ4n) is 6.19. The average Bonchev–Trinajstić information content (AvgIpc) is 3.01. The zero-order chi connectivity index (χ0) is 31.9. The van der Waals surface area contributed by atoms with Crippen LogP contribution in [0.1, 0.15) is 71.3 Å². The molecule has 0 bridgehead atoms. The number of hydrogen-bond acceptors (Lipinski definition) is 7. The number of nitrogens with zero attached hydrogens (tertiary/aromatic N) is 2. The van der Waals surface area contributed by atoms with Crippen LogP contribution in [0.5, 0.6) is 5.75 Å². The molecular weight excluding hydrogens is 597 g/mol. The molecule has 238 valence electrons. The molecule has 2 aromatic rings. The summed E-state index contributed by atoms with van der Waals surface area (Å²) in [5.41, 5.74) is 1.12. The summed E-state index contributed by atoms with van der Waals surface area (Å²) in [6.07, 6.45) is 10.5. The first-order valence-electron chi connectivity index (χ1n) is 15.2. The van der Waals surface area contributed by atoms with Gasteiger partial charge in [0.2, 0.25) is 10.0 Å². The predicted molar refractivity (Wildman–Crippen MR) is 178 cm³/mol. The van der Waals surface area contributed by atoms with E-state index in [0.29, 0.717) is 17.1 Å². The number of carbonyl (C=O) groups is 1. The smallest absolute Gasteiger partial charge is 0.331 e. The van der Waals surface area contributed by atoms with E-state index >= 15 is 8.42 Å². The SMILES string of the molecule is CCCCC1(CCCC)CC2C(=C(O/C(C)=C/C(=O)O)C(SC)=CN2c2ccccc2)S(=O)(=O)N1Cc1ccc(OC)cc1. The first-order valence-corrected chi connectivity index (χ1v) is 17.8. The molecule has 1 unspecified atom stereocenters. The maximum atomic E-state index is 15.2. The lowest BCUT2D eigenvalue weighted by molar-refractivity contribution is -0.131. The maximum absolute atomic E-state index is 15.2. The summed E-state index contributed by atoms with van der Waals surface area (Å²) in [6, 6.07) is 16.8. The van der Waals surface area contributed by atoms with Crippen LogP contribution in [0, 0.1) is 0 Å². The number of allylic oxidation sites excluding steroid dienone is 1. The second kappa shape index (κ2) is 14.7. The van der Waals surface area contributed by atoms with Gasteiger partial charge in [0.1, 0.15) is 16.4 Å². The van der Waals surface area contributed by atoms with Crippen LogP contribution in [0.25, 0.3) is 0 Å². The van der Waals surface area contributed by atoms with Gasteiger partial charge in [-0.2, -0.15) is 4.31 Å². The van der Waals surface area contributed by atoms with Gasteiger partial charge in [0.15, 0.2) is 5.76 Å². The number of unbranched alkanes of at least 4 members (excludes halogenated alkanes) is 2. The molecule has 1 atom stereocenters. The number of carboxylic acids is 1. The Morgan fingerprint density at radius 1 is 1.07 bits per heavy atom. The Labute approximate surface area is 266 Å². The van der Waals surface area contributed by atoms with Crippen LogP contribution >= 0.6 is 11.8 Å². The number of thioether (sulfide) groups is 1. The summed E-state index contributed by atoms with van der Waals surface area (Å²) in [4.78, 5) is 14.4. The van der Waals surface area contributed by atoms with Crippen molar-refractivity contribution in [2.75, 3.05) is 18.3 Å². The van der Waals surface area contributed by atoms with E-state index in [-0.39, 0.29) is 23.0 Å². The third-order valence-corrected chi connectivity index (χ3v) is 11.2. The van der Waals surface area contributed by atoms with Crippen molar-refractivity contribution in [3.63, 3.8) is 0 Å². The molecular formula is C34H44N2O6S2. The van der Waals surface area contributed by atoms with Crippen molar-refractivity contribution >= 4 is 33.4 Å². The number of rotatable bonds is 14. The van der Waals surface area contributed by atoms with Crippen LogP contribution in [0.15, 0.2) is 88.2 Å². The maximum Gasteiger partial charge on any atom is 0.331 e. The normalized spacial score (nSPS) is 19.8. The number of anilines is 1. The van der Waals surface area contributed by atoms with Crippen molar-refractivity contribution in [2.24, 2.45) is 0 Å². The minimum absolute atomic E-state index is 0.109. The Morgan fingerprint density at radius 3 is 2.25 bits per heavy atom. The van der Waals surface area contributed by atoms with Crippen molar-refractivity contribution in [3.8, 4) is 5.75 Å². The van der Waals surface area contributed by atoms with E-state index in [0.717, 1.165) is 55.9 Å². The second-order valence-corrected chi connectivity index (χ2v) is 14.0. The molecule has 1 fully saturated rings. The molecule has 0 saturated carbocycles. The number of fused-ring (bicyclic) bond motifs is 1. The highest BCUT2D eigenvalue weighted by Crippen LogP contribution is 2.51. The quantitative estimate of drug-likeness (QED) is 0.166. The zero-order valence-electron chi connectivity index (χ0n) is 26.3. The molecule has 0 aromatic heterocycles. The summed E-state index contributed by atoms with van der Waals surface area (Å²) in [6.45, 7) is 6.02. The highest BCUT2D eigenvalue weighted by molar-refractivity contribution is 8.02. The fourth-order valence-corrected chi connectivity index (χ4v) is 9.06. The second-order valence-electron chi connectivity index (χ2n) is 11.3. The van der Waals surface area contributed by atoms with Crippen molar-refractivity contribution < 1.29 is 27.8 Å². The van der Waals surface area contributed by atoms with E-state index in [1.54, 1.807) is 11.4 Å². The molecule has 2 aromatic carbocycles. The molecule has 2 aliphatic heterocycles. The van der Waals surface area contributed by atoms with Gasteiger partial charge in [-0.1, -0.05) is 69.9 Å². The number of benzene rings is 2. The van der Waals surface area contributed by atoms with Crippen LogP contribution < -0.4 is 9.64 Å². The molecule has 8 nitrogen and oxygen atoms in total. The predicted octanol–water partition coefficient (Wildman–Crippen LogP) is 7.66. The molecule has 2 aliphatic rings. The lowest BCUT2D eigenvalue weighted by Gasteiger charge is -2.53. The minimum atomic E-state index is -4.13. The minimum Gasteiger partial charge on any atom is -0.497 e. The van der Waals surface area contributed by atoms with E-state index in [2.05, 4.69) is 18.7 Å². The highest BCUT2D eigenvalue weighted by atomic mass is 32.2. The lowest BCUT2D eigenvalue weighted by Crippen LogP contribution is -2.61. The van der Waals surface area contributed by atoms with Crippen LogP contribution in [0.4, 0.5) is 5.69 Å². The van der Waals surface area contributed by atoms with E-state index in [4.69, 9.17) is 9.47 Å². The fraction of sp³-hybridized carbons (Fsp3) is 0.441. The largest absolute Gasteiger partial charge is 0.497 e. The topological polar surface area (TPSA) is 96.4 Å². The third-order valence-electron chi connectivity index (χ3n) is 8.35. The Hall–Kier alpha value is -3.21. The number of sulfonamides is 1. The summed E-state index contributed by atoms with van der Waals surface area (Å²) in [5.74, 6) is -0.147. The van der Waals surface area contributed by atoms with Crippen molar-refractivity contribution in [1.82, 2.24) is 4.31 Å². The van der Waals surface area contributed by atoms with Gasteiger partial charge in [0.25, 0.3) is 0 Å². The molecule has 44 heavy (non-hydrogen) atoms. The van der Waals surface area contributed by atoms with Gasteiger partial charge in [-0.15, -0.1) is 11.8 Å². The Morgan fingerprint density at radius 2 is 1.70 bits per heavy atom. The standard InChI is InChI=1S/C34H44N2O6S2/c1-6-8-19-34(20-9-7-2)22-29-33(44(39,40)36(34)23-26-15-17-28(41-4)18-16-26)32(42-25(3)21-31(37)38)30(43-5)24-35(29)27-13-11-10-12-14-27/h10-18,21,24,29H,6-9,19-20,22-23H2,1-5H3,(H,37,38)/b25-21+. The van der Waals surface area contributed by atoms with Gasteiger partial charge in [-0.05, 0) is 62.3 Å². The number of ether oxygens (including phenoxy) is 2. The van der Waals surface area contributed by atoms with Crippen LogP contribution in [-0.4, -0.2) is 48.7 Å². The molecule has 1 N–H and O–H groups in total. The first kappa shape index (κ1) is 33.7. The monoisotopic (exact) mass is 640 g/mol. The Balaban J connectivity index is 1.99. The molecule has 0 aliphatic carbocycles. The van der Waals surface area contributed by atoms with E-state index in [9.17, 15) is 9.90 Å². The molecule has 10 heteroatoms. The van der Waals surface area contributed by atoms with Crippen LogP contribution in [-0.2, 0) is 26.1 Å². The first-order chi connectivity index (χ1) is 21.1. The molecule has 0 radical (unpaired) electrons. The average molecular weight is 641 g/mol. The summed E-state index contributed by atoms with van der Waals surface area (Å²) < 4.78 is 43.7.